The van der Waals surface area contributed by atoms with E-state index in [1.165, 1.54) is 0 Å². The number of aliphatic carboxylic acids is 1. The van der Waals surface area contributed by atoms with Crippen molar-refractivity contribution in [1.82, 2.24) is 0 Å². The maximum Gasteiger partial charge on any atom is 0.330 e. The molecule has 0 aliphatic carbocycles. The van der Waals surface area contributed by atoms with Crippen molar-refractivity contribution in [3.63, 3.8) is 0 Å². The molecule has 1 atom stereocenters. The number of likely N-dealkylation sites (N-methyl/N-ethyl adjacent to an activating group) is 1. The number of carboxylic acids is 1. The third kappa shape index (κ3) is 4.95. The fraction of sp³-hybridized carbons (Fsp3) is 0.727. The summed E-state index contributed by atoms with van der Waals surface area (Å²) >= 11 is 0. The Morgan fingerprint density at radius 2 is 2.20 bits per heavy atom. The first-order valence-electron chi connectivity index (χ1n) is 5.24. The number of quaternary nitrogens is 1. The molecule has 4 nitrogen and oxygen atoms in total. The molecule has 0 saturated carbocycles. The lowest BCUT2D eigenvalue weighted by molar-refractivity contribution is -0.890. The van der Waals surface area contributed by atoms with Crippen LogP contribution in [-0.2, 0) is 9.53 Å². The number of carboxylic acid groups (broad SMARTS) is 1. The Kier molecular flexibility index (Phi) is 3.88. The molecule has 15 heavy (non-hydrogen) atoms. The molecule has 1 saturated heterocycles. The average molecular weight is 214 g/mol. The van der Waals surface area contributed by atoms with E-state index in [1.807, 2.05) is 0 Å². The van der Waals surface area contributed by atoms with E-state index in [9.17, 15) is 4.79 Å². The minimum Gasteiger partial charge on any atom is -0.478 e. The van der Waals surface area contributed by atoms with Gasteiger partial charge in [-0.1, -0.05) is 6.08 Å². The zero-order valence-corrected chi connectivity index (χ0v) is 9.69. The SMILES string of the molecule is CC(=CCC[N+](C)(C)CC1CO1)C(=O)O. The molecule has 0 radical (unpaired) electrons. The fourth-order valence-corrected chi connectivity index (χ4v) is 1.53. The molecule has 0 aromatic heterocycles. The van der Waals surface area contributed by atoms with Gasteiger partial charge in [0.1, 0.15) is 12.6 Å². The highest BCUT2D eigenvalue weighted by Gasteiger charge is 2.30. The van der Waals surface area contributed by atoms with Gasteiger partial charge in [-0.2, -0.15) is 0 Å². The molecule has 1 unspecified atom stereocenters. The van der Waals surface area contributed by atoms with E-state index >= 15 is 0 Å². The fourth-order valence-electron chi connectivity index (χ4n) is 1.53. The van der Waals surface area contributed by atoms with Gasteiger partial charge in [0.2, 0.25) is 0 Å². The van der Waals surface area contributed by atoms with E-state index in [-0.39, 0.29) is 0 Å². The Labute approximate surface area is 90.7 Å². The van der Waals surface area contributed by atoms with Crippen molar-refractivity contribution in [2.45, 2.75) is 19.4 Å². The summed E-state index contributed by atoms with van der Waals surface area (Å²) in [6.07, 6.45) is 3.01. The number of nitrogens with zero attached hydrogens (tertiary/aromatic N) is 1. The smallest absolute Gasteiger partial charge is 0.330 e. The minimum absolute atomic E-state index is 0.421. The highest BCUT2D eigenvalue weighted by molar-refractivity contribution is 5.85. The largest absolute Gasteiger partial charge is 0.478 e. The first-order chi connectivity index (χ1) is 6.91. The van der Waals surface area contributed by atoms with Crippen LogP contribution in [0.15, 0.2) is 11.6 Å². The summed E-state index contributed by atoms with van der Waals surface area (Å²) in [7, 11) is 4.29. The number of rotatable bonds is 6. The topological polar surface area (TPSA) is 49.8 Å². The van der Waals surface area contributed by atoms with Crippen molar-refractivity contribution in [2.24, 2.45) is 0 Å². The average Bonchev–Trinajstić information content (AvgIpc) is 2.86. The van der Waals surface area contributed by atoms with Gasteiger partial charge >= 0.3 is 5.97 Å². The molecular formula is C11H20NO3+. The van der Waals surface area contributed by atoms with Crippen molar-refractivity contribution in [3.8, 4) is 0 Å². The molecule has 0 aromatic rings. The lowest BCUT2D eigenvalue weighted by Crippen LogP contribution is -2.43. The minimum atomic E-state index is -0.828. The molecule has 1 fully saturated rings. The quantitative estimate of drug-likeness (QED) is 0.406. The third-order valence-electron chi connectivity index (χ3n) is 2.62. The molecule has 0 spiro atoms. The van der Waals surface area contributed by atoms with Gasteiger partial charge in [0.15, 0.2) is 0 Å². The van der Waals surface area contributed by atoms with Gasteiger partial charge < -0.3 is 14.3 Å². The summed E-state index contributed by atoms with van der Waals surface area (Å²) < 4.78 is 6.07. The lowest BCUT2D eigenvalue weighted by atomic mass is 10.2. The van der Waals surface area contributed by atoms with Crippen LogP contribution in [0, 0.1) is 0 Å². The second-order valence-corrected chi connectivity index (χ2v) is 4.78. The molecule has 1 heterocycles. The Hall–Kier alpha value is -0.870. The van der Waals surface area contributed by atoms with Crippen molar-refractivity contribution in [1.29, 1.82) is 0 Å². The van der Waals surface area contributed by atoms with Crippen LogP contribution in [0.25, 0.3) is 0 Å². The Bertz CT molecular complexity index is 267. The Morgan fingerprint density at radius 3 is 2.67 bits per heavy atom. The van der Waals surface area contributed by atoms with Crippen molar-refractivity contribution >= 4 is 5.97 Å². The summed E-state index contributed by atoms with van der Waals surface area (Å²) in [4.78, 5) is 10.5. The molecule has 0 bridgehead atoms. The van der Waals surface area contributed by atoms with Crippen LogP contribution in [0.5, 0.6) is 0 Å². The molecule has 1 aliphatic heterocycles. The Balaban J connectivity index is 2.28. The van der Waals surface area contributed by atoms with Gasteiger partial charge in [-0.05, 0) is 6.92 Å². The van der Waals surface area contributed by atoms with Crippen molar-refractivity contribution in [3.05, 3.63) is 11.6 Å². The van der Waals surface area contributed by atoms with Crippen molar-refractivity contribution < 1.29 is 19.1 Å². The normalized spacial score (nSPS) is 21.5. The first-order valence-corrected chi connectivity index (χ1v) is 5.24. The maximum atomic E-state index is 10.5. The van der Waals surface area contributed by atoms with Crippen LogP contribution in [-0.4, -0.2) is 55.5 Å². The van der Waals surface area contributed by atoms with Crippen LogP contribution in [0.1, 0.15) is 13.3 Å². The number of hydrogen-bond acceptors (Lipinski definition) is 2. The zero-order chi connectivity index (χ0) is 11.5. The second-order valence-electron chi connectivity index (χ2n) is 4.78. The summed E-state index contributed by atoms with van der Waals surface area (Å²) in [6, 6.07) is 0. The van der Waals surface area contributed by atoms with E-state index in [0.29, 0.717) is 11.7 Å². The predicted molar refractivity (Wildman–Crippen MR) is 57.6 cm³/mol. The van der Waals surface area contributed by atoms with Crippen molar-refractivity contribution in [2.75, 3.05) is 33.8 Å². The van der Waals surface area contributed by atoms with E-state index < -0.39 is 5.97 Å². The summed E-state index contributed by atoms with van der Waals surface area (Å²) in [5, 5.41) is 8.67. The van der Waals surface area contributed by atoms with E-state index in [1.54, 1.807) is 13.0 Å². The molecular weight excluding hydrogens is 194 g/mol. The lowest BCUT2D eigenvalue weighted by Gasteiger charge is -2.28. The summed E-state index contributed by atoms with van der Waals surface area (Å²) in [6.45, 7) is 4.47. The predicted octanol–water partition coefficient (Wildman–Crippen LogP) is 0.883. The summed E-state index contributed by atoms with van der Waals surface area (Å²) in [5.41, 5.74) is 0.428. The van der Waals surface area contributed by atoms with Crippen LogP contribution in [0.3, 0.4) is 0 Å². The highest BCUT2D eigenvalue weighted by Crippen LogP contribution is 2.14. The van der Waals surface area contributed by atoms with E-state index in [0.717, 1.165) is 30.6 Å². The molecule has 4 heteroatoms. The molecule has 0 aromatic carbocycles. The van der Waals surface area contributed by atoms with Crippen LogP contribution in [0.2, 0.25) is 0 Å². The zero-order valence-electron chi connectivity index (χ0n) is 9.69. The van der Waals surface area contributed by atoms with Gasteiger partial charge in [-0.15, -0.1) is 0 Å². The highest BCUT2D eigenvalue weighted by atomic mass is 16.6. The summed E-state index contributed by atoms with van der Waals surface area (Å²) in [5.74, 6) is -0.828. The van der Waals surface area contributed by atoms with Gasteiger partial charge in [0.05, 0.1) is 27.2 Å². The monoisotopic (exact) mass is 214 g/mol. The third-order valence-corrected chi connectivity index (χ3v) is 2.62. The molecule has 0 amide bonds. The molecule has 86 valence electrons. The Morgan fingerprint density at radius 1 is 1.60 bits per heavy atom. The van der Waals surface area contributed by atoms with Gasteiger partial charge in [-0.25, -0.2) is 4.79 Å². The van der Waals surface area contributed by atoms with Crippen LogP contribution < -0.4 is 0 Å². The number of epoxide rings is 1. The number of ether oxygens (including phenoxy) is 1. The van der Waals surface area contributed by atoms with Gasteiger partial charge in [0.25, 0.3) is 0 Å². The van der Waals surface area contributed by atoms with E-state index in [4.69, 9.17) is 9.84 Å². The molecule has 1 rings (SSSR count). The van der Waals surface area contributed by atoms with Gasteiger partial charge in [-0.3, -0.25) is 0 Å². The number of hydrogen-bond donors (Lipinski definition) is 1. The van der Waals surface area contributed by atoms with Crippen LogP contribution >= 0.6 is 0 Å². The van der Waals surface area contributed by atoms with Gasteiger partial charge in [0, 0.05) is 12.0 Å². The van der Waals surface area contributed by atoms with Crippen LogP contribution in [0.4, 0.5) is 0 Å². The maximum absolute atomic E-state index is 10.5. The van der Waals surface area contributed by atoms with E-state index in [2.05, 4.69) is 14.1 Å². The second kappa shape index (κ2) is 4.77. The standard InChI is InChI=1S/C11H19NO3/c1-9(11(13)14)5-4-6-12(2,3)7-10-8-15-10/h5,10H,4,6-8H2,1-3H3/p+1. The number of carbonyl (C=O) groups is 1. The molecule has 1 N–H and O–H groups in total. The molecule has 1 aliphatic rings. The first kappa shape index (κ1) is 12.2.